The van der Waals surface area contributed by atoms with E-state index in [0.29, 0.717) is 24.1 Å². The number of hydrogen-bond donors (Lipinski definition) is 0. The molecule has 2 fully saturated rings. The third-order valence-corrected chi connectivity index (χ3v) is 9.02. The molecule has 176 valence electrons. The van der Waals surface area contributed by atoms with E-state index in [0.717, 1.165) is 64.2 Å². The average Bonchev–Trinajstić information content (AvgIpc) is 3.25. The lowest BCUT2D eigenvalue weighted by atomic mass is 9.95. The van der Waals surface area contributed by atoms with Crippen molar-refractivity contribution in [3.05, 3.63) is 24.3 Å². The van der Waals surface area contributed by atoms with Crippen molar-refractivity contribution in [2.75, 3.05) is 45.9 Å². The van der Waals surface area contributed by atoms with Gasteiger partial charge in [-0.25, -0.2) is 8.42 Å². The monoisotopic (exact) mass is 451 g/mol. The van der Waals surface area contributed by atoms with Gasteiger partial charge in [-0.15, -0.1) is 0 Å². The second kappa shape index (κ2) is 11.6. The van der Waals surface area contributed by atoms with Crippen LogP contribution in [-0.4, -0.2) is 80.5 Å². The lowest BCUT2D eigenvalue weighted by Crippen LogP contribution is -2.41. The maximum Gasteiger partial charge on any atom is 0.243 e. The van der Waals surface area contributed by atoms with Crippen molar-refractivity contribution in [3.63, 3.8) is 0 Å². The molecule has 1 aliphatic carbocycles. The fraction of sp³-hybridized carbons (Fsp3) is 0.750. The number of likely N-dealkylation sites (N-methyl/N-ethyl adjacent to an activating group) is 1. The quantitative estimate of drug-likeness (QED) is 0.512. The van der Waals surface area contributed by atoms with Crippen molar-refractivity contribution in [1.29, 1.82) is 0 Å². The highest BCUT2D eigenvalue weighted by atomic mass is 32.2. The molecule has 1 aliphatic heterocycles. The molecule has 3 rings (SSSR count). The normalized spacial score (nSPS) is 21.3. The fourth-order valence-corrected chi connectivity index (χ4v) is 6.88. The van der Waals surface area contributed by atoms with Crippen LogP contribution in [-0.2, 0) is 10.0 Å². The van der Waals surface area contributed by atoms with Crippen LogP contribution < -0.4 is 4.74 Å². The summed E-state index contributed by atoms with van der Waals surface area (Å²) < 4.78 is 34.0. The maximum atomic E-state index is 13.2. The third kappa shape index (κ3) is 6.21. The topological polar surface area (TPSA) is 53.1 Å². The molecule has 0 aromatic heterocycles. The van der Waals surface area contributed by atoms with Crippen molar-refractivity contribution >= 4 is 10.0 Å². The van der Waals surface area contributed by atoms with Gasteiger partial charge in [-0.1, -0.05) is 40.0 Å². The van der Waals surface area contributed by atoms with Gasteiger partial charge in [0.05, 0.1) is 4.90 Å². The van der Waals surface area contributed by atoms with Gasteiger partial charge in [0, 0.05) is 31.7 Å². The zero-order valence-corrected chi connectivity index (χ0v) is 20.4. The van der Waals surface area contributed by atoms with Gasteiger partial charge < -0.3 is 4.74 Å². The average molecular weight is 452 g/mol. The van der Waals surface area contributed by atoms with Crippen LogP contribution in [0.4, 0.5) is 0 Å². The minimum atomic E-state index is -3.46. The Labute approximate surface area is 189 Å². The van der Waals surface area contributed by atoms with E-state index in [4.69, 9.17) is 4.74 Å². The summed E-state index contributed by atoms with van der Waals surface area (Å²) in [6, 6.07) is 7.78. The molecule has 1 saturated heterocycles. The molecular formula is C24H41N3O3S. The highest BCUT2D eigenvalue weighted by Gasteiger charge is 2.31. The minimum Gasteiger partial charge on any atom is -0.492 e. The number of sulfonamides is 1. The van der Waals surface area contributed by atoms with E-state index in [2.05, 4.69) is 23.6 Å². The van der Waals surface area contributed by atoms with E-state index in [1.807, 2.05) is 6.92 Å². The first kappa shape index (κ1) is 24.5. The summed E-state index contributed by atoms with van der Waals surface area (Å²) >= 11 is 0. The second-order valence-electron chi connectivity index (χ2n) is 8.78. The minimum absolute atomic E-state index is 0.139. The molecule has 2 aliphatic rings. The van der Waals surface area contributed by atoms with Crippen LogP contribution in [0.3, 0.4) is 0 Å². The Bertz CT molecular complexity index is 759. The van der Waals surface area contributed by atoms with Crippen molar-refractivity contribution < 1.29 is 13.2 Å². The van der Waals surface area contributed by atoms with Crippen molar-refractivity contribution in [2.45, 2.75) is 76.3 Å². The van der Waals surface area contributed by atoms with Crippen LogP contribution in [0, 0.1) is 0 Å². The van der Waals surface area contributed by atoms with E-state index in [1.165, 1.54) is 12.8 Å². The van der Waals surface area contributed by atoms with E-state index in [9.17, 15) is 8.42 Å². The first-order chi connectivity index (χ1) is 15.0. The maximum absolute atomic E-state index is 13.2. The third-order valence-electron chi connectivity index (χ3n) is 6.98. The molecule has 1 aromatic carbocycles. The highest BCUT2D eigenvalue weighted by Crippen LogP contribution is 2.28. The zero-order valence-electron chi connectivity index (χ0n) is 19.6. The Morgan fingerprint density at radius 3 is 2.23 bits per heavy atom. The number of nitrogens with zero attached hydrogens (tertiary/aromatic N) is 3. The first-order valence-electron chi connectivity index (χ1n) is 12.2. The molecule has 0 spiro atoms. The van der Waals surface area contributed by atoms with E-state index in [1.54, 1.807) is 28.6 Å². The Balaban J connectivity index is 1.51. The summed E-state index contributed by atoms with van der Waals surface area (Å²) in [5.41, 5.74) is 0. The van der Waals surface area contributed by atoms with Crippen molar-refractivity contribution in [1.82, 2.24) is 14.1 Å². The summed E-state index contributed by atoms with van der Waals surface area (Å²) in [5.74, 6) is 0.735. The largest absolute Gasteiger partial charge is 0.492 e. The van der Waals surface area contributed by atoms with Gasteiger partial charge >= 0.3 is 0 Å². The molecular weight excluding hydrogens is 410 g/mol. The number of benzene rings is 1. The number of rotatable bonds is 11. The fourth-order valence-electron chi connectivity index (χ4n) is 5.18. The van der Waals surface area contributed by atoms with Crippen molar-refractivity contribution in [2.24, 2.45) is 0 Å². The molecule has 0 N–H and O–H groups in total. The molecule has 0 bridgehead atoms. The number of ether oxygens (including phenoxy) is 1. The predicted molar refractivity (Wildman–Crippen MR) is 126 cm³/mol. The Kier molecular flexibility index (Phi) is 9.19. The first-order valence-corrected chi connectivity index (χ1v) is 13.6. The molecule has 1 unspecified atom stereocenters. The van der Waals surface area contributed by atoms with Gasteiger partial charge in [0.2, 0.25) is 10.0 Å². The van der Waals surface area contributed by atoms with Gasteiger partial charge in [-0.2, -0.15) is 4.31 Å². The zero-order chi connectivity index (χ0) is 22.3. The Hall–Kier alpha value is -1.15. The van der Waals surface area contributed by atoms with Gasteiger partial charge in [0.15, 0.2) is 0 Å². The number of hydrogen-bond acceptors (Lipinski definition) is 5. The summed E-state index contributed by atoms with van der Waals surface area (Å²) in [4.78, 5) is 5.37. The summed E-state index contributed by atoms with van der Waals surface area (Å²) in [7, 11) is -3.46. The van der Waals surface area contributed by atoms with E-state index < -0.39 is 10.0 Å². The molecule has 7 heteroatoms. The van der Waals surface area contributed by atoms with Gasteiger partial charge in [-0.3, -0.25) is 9.80 Å². The van der Waals surface area contributed by atoms with Gasteiger partial charge in [0.25, 0.3) is 0 Å². The summed E-state index contributed by atoms with van der Waals surface area (Å²) in [6.45, 7) is 12.9. The highest BCUT2D eigenvalue weighted by molar-refractivity contribution is 7.89. The smallest absolute Gasteiger partial charge is 0.243 e. The summed E-state index contributed by atoms with van der Waals surface area (Å²) in [5, 5.41) is 0. The molecule has 0 radical (unpaired) electrons. The SMILES string of the molecule is CCN(CC)C1CCN(CCOc2ccc(S(=O)(=O)N(CC)C3CCCCC3)cc2)C1. The van der Waals surface area contributed by atoms with E-state index in [-0.39, 0.29) is 6.04 Å². The Morgan fingerprint density at radius 1 is 0.935 bits per heavy atom. The van der Waals surface area contributed by atoms with Crippen molar-refractivity contribution in [3.8, 4) is 5.75 Å². The van der Waals surface area contributed by atoms with Crippen LogP contribution in [0.25, 0.3) is 0 Å². The molecule has 31 heavy (non-hydrogen) atoms. The van der Waals surface area contributed by atoms with Gasteiger partial charge in [-0.05, 0) is 63.2 Å². The molecule has 0 amide bonds. The van der Waals surface area contributed by atoms with Crippen LogP contribution in [0.15, 0.2) is 29.2 Å². The lowest BCUT2D eigenvalue weighted by Gasteiger charge is -2.32. The number of likely N-dealkylation sites (tertiary alicyclic amines) is 1. The van der Waals surface area contributed by atoms with E-state index >= 15 is 0 Å². The summed E-state index contributed by atoms with van der Waals surface area (Å²) in [6.07, 6.45) is 6.63. The Morgan fingerprint density at radius 2 is 1.61 bits per heavy atom. The molecule has 6 nitrogen and oxygen atoms in total. The molecule has 1 atom stereocenters. The van der Waals surface area contributed by atoms with Gasteiger partial charge in [0.1, 0.15) is 12.4 Å². The molecule has 1 saturated carbocycles. The lowest BCUT2D eigenvalue weighted by molar-refractivity contribution is 0.195. The van der Waals surface area contributed by atoms with Crippen LogP contribution >= 0.6 is 0 Å². The van der Waals surface area contributed by atoms with Crippen LogP contribution in [0.5, 0.6) is 5.75 Å². The molecule has 1 heterocycles. The molecule has 1 aromatic rings. The standard InChI is InChI=1S/C24H41N3O3S/c1-4-26(5-2)22-16-17-25(20-22)18-19-30-23-12-14-24(15-13-23)31(28,29)27(6-3)21-10-8-7-9-11-21/h12-15,21-22H,4-11,16-20H2,1-3H3. The van der Waals surface area contributed by atoms with Crippen LogP contribution in [0.1, 0.15) is 59.3 Å². The predicted octanol–water partition coefficient (Wildman–Crippen LogP) is 3.82. The van der Waals surface area contributed by atoms with Crippen LogP contribution in [0.2, 0.25) is 0 Å². The second-order valence-corrected chi connectivity index (χ2v) is 10.7.